The maximum atomic E-state index is 10.1. The van der Waals surface area contributed by atoms with Gasteiger partial charge in [-0.3, -0.25) is 4.90 Å². The van der Waals surface area contributed by atoms with Crippen LogP contribution < -0.4 is 0 Å². The molecule has 3 atom stereocenters. The minimum absolute atomic E-state index is 0.0679. The summed E-state index contributed by atoms with van der Waals surface area (Å²) in [5, 5.41) is 19.0. The summed E-state index contributed by atoms with van der Waals surface area (Å²) in [6.45, 7) is 2.29. The first-order valence-electron chi connectivity index (χ1n) is 7.53. The summed E-state index contributed by atoms with van der Waals surface area (Å²) in [5.41, 5.74) is 0.320. The fourth-order valence-electron chi connectivity index (χ4n) is 4.12. The molecule has 3 unspecified atom stereocenters. The second-order valence-corrected chi connectivity index (χ2v) is 6.68. The zero-order chi connectivity index (χ0) is 12.6. The van der Waals surface area contributed by atoms with Crippen molar-refractivity contribution in [1.29, 1.82) is 5.26 Å². The molecule has 3 aliphatic rings. The van der Waals surface area contributed by atoms with Gasteiger partial charge in [0, 0.05) is 24.9 Å². The van der Waals surface area contributed by atoms with Crippen LogP contribution in [-0.4, -0.2) is 35.2 Å². The number of nitriles is 1. The average Bonchev–Trinajstić information content (AvgIpc) is 2.75. The van der Waals surface area contributed by atoms with Crippen molar-refractivity contribution in [3.8, 4) is 6.07 Å². The zero-order valence-electron chi connectivity index (χ0n) is 11.1. The molecule has 2 aliphatic carbocycles. The Bertz CT molecular complexity index is 345. The first-order chi connectivity index (χ1) is 8.74. The van der Waals surface area contributed by atoms with E-state index < -0.39 is 0 Å². The summed E-state index contributed by atoms with van der Waals surface area (Å²) in [7, 11) is 0. The van der Waals surface area contributed by atoms with Crippen LogP contribution in [0.4, 0.5) is 0 Å². The van der Waals surface area contributed by atoms with Crippen molar-refractivity contribution < 1.29 is 5.11 Å². The van der Waals surface area contributed by atoms with Crippen LogP contribution in [0.2, 0.25) is 0 Å². The Morgan fingerprint density at radius 3 is 2.67 bits per heavy atom. The van der Waals surface area contributed by atoms with E-state index in [1.54, 1.807) is 0 Å². The van der Waals surface area contributed by atoms with Crippen LogP contribution >= 0.6 is 0 Å². The Morgan fingerprint density at radius 2 is 2.06 bits per heavy atom. The molecular weight excluding hydrogens is 224 g/mol. The molecule has 0 aromatic rings. The first-order valence-corrected chi connectivity index (χ1v) is 7.53. The Labute approximate surface area is 110 Å². The molecule has 18 heavy (non-hydrogen) atoms. The third kappa shape index (κ3) is 2.29. The van der Waals surface area contributed by atoms with Gasteiger partial charge in [-0.05, 0) is 50.5 Å². The number of likely N-dealkylation sites (tertiary alicyclic amines) is 1. The molecule has 1 aliphatic heterocycles. The molecule has 3 fully saturated rings. The van der Waals surface area contributed by atoms with Crippen molar-refractivity contribution >= 4 is 0 Å². The Kier molecular flexibility index (Phi) is 3.34. The highest BCUT2D eigenvalue weighted by Gasteiger charge is 2.47. The molecule has 2 saturated carbocycles. The molecule has 3 rings (SSSR count). The highest BCUT2D eigenvalue weighted by Crippen LogP contribution is 2.50. The number of aliphatic hydroxyl groups is 1. The van der Waals surface area contributed by atoms with Crippen LogP contribution in [0.25, 0.3) is 0 Å². The average molecular weight is 248 g/mol. The van der Waals surface area contributed by atoms with Crippen molar-refractivity contribution in [3.63, 3.8) is 0 Å². The summed E-state index contributed by atoms with van der Waals surface area (Å²) >= 11 is 0. The van der Waals surface area contributed by atoms with Gasteiger partial charge in [-0.15, -0.1) is 0 Å². The van der Waals surface area contributed by atoms with Gasteiger partial charge in [-0.25, -0.2) is 0 Å². The van der Waals surface area contributed by atoms with E-state index in [-0.39, 0.29) is 6.10 Å². The number of hydrogen-bond acceptors (Lipinski definition) is 3. The van der Waals surface area contributed by atoms with E-state index in [4.69, 9.17) is 5.26 Å². The minimum Gasteiger partial charge on any atom is -0.393 e. The Hall–Kier alpha value is -0.590. The fourth-order valence-corrected chi connectivity index (χ4v) is 4.12. The van der Waals surface area contributed by atoms with Crippen molar-refractivity contribution in [1.82, 2.24) is 4.90 Å². The van der Waals surface area contributed by atoms with Crippen molar-refractivity contribution in [2.24, 2.45) is 11.3 Å². The van der Waals surface area contributed by atoms with Crippen LogP contribution in [0.15, 0.2) is 0 Å². The molecule has 0 spiro atoms. The normalized spacial score (nSPS) is 38.8. The zero-order valence-corrected chi connectivity index (χ0v) is 11.1. The molecule has 3 nitrogen and oxygen atoms in total. The number of aliphatic hydroxyl groups excluding tert-OH is 1. The van der Waals surface area contributed by atoms with E-state index in [9.17, 15) is 5.11 Å². The highest BCUT2D eigenvalue weighted by molar-refractivity contribution is 5.03. The molecule has 3 heteroatoms. The van der Waals surface area contributed by atoms with E-state index in [1.807, 2.05) is 0 Å². The Morgan fingerprint density at radius 1 is 1.22 bits per heavy atom. The predicted molar refractivity (Wildman–Crippen MR) is 69.8 cm³/mol. The number of nitrogens with zero attached hydrogens (tertiary/aromatic N) is 2. The van der Waals surface area contributed by atoms with Gasteiger partial charge in [-0.1, -0.05) is 6.42 Å². The lowest BCUT2D eigenvalue weighted by Crippen LogP contribution is -2.41. The summed E-state index contributed by atoms with van der Waals surface area (Å²) < 4.78 is 0. The third-order valence-electron chi connectivity index (χ3n) is 5.39. The summed E-state index contributed by atoms with van der Waals surface area (Å²) in [6, 6.07) is 2.96. The van der Waals surface area contributed by atoms with Crippen molar-refractivity contribution in [3.05, 3.63) is 0 Å². The highest BCUT2D eigenvalue weighted by atomic mass is 16.3. The van der Waals surface area contributed by atoms with E-state index in [0.717, 1.165) is 19.4 Å². The maximum absolute atomic E-state index is 10.1. The largest absolute Gasteiger partial charge is 0.393 e. The lowest BCUT2D eigenvalue weighted by atomic mass is 9.93. The van der Waals surface area contributed by atoms with E-state index in [2.05, 4.69) is 11.0 Å². The van der Waals surface area contributed by atoms with Crippen molar-refractivity contribution in [2.75, 3.05) is 13.1 Å². The van der Waals surface area contributed by atoms with Gasteiger partial charge in [-0.2, -0.15) is 5.26 Å². The van der Waals surface area contributed by atoms with E-state index in [0.29, 0.717) is 17.4 Å². The van der Waals surface area contributed by atoms with E-state index in [1.165, 1.54) is 45.1 Å². The number of rotatable bonds is 4. The van der Waals surface area contributed by atoms with Gasteiger partial charge in [0.15, 0.2) is 0 Å². The smallest absolute Gasteiger partial charge is 0.0628 e. The lowest BCUT2D eigenvalue weighted by molar-refractivity contribution is 0.0664. The maximum Gasteiger partial charge on any atom is 0.0628 e. The fraction of sp³-hybridized carbons (Fsp3) is 0.933. The van der Waals surface area contributed by atoms with Gasteiger partial charge in [0.1, 0.15) is 0 Å². The van der Waals surface area contributed by atoms with Crippen LogP contribution in [0.3, 0.4) is 0 Å². The predicted octanol–water partition coefficient (Wildman–Crippen LogP) is 2.31. The van der Waals surface area contributed by atoms with Crippen LogP contribution in [0.5, 0.6) is 0 Å². The minimum atomic E-state index is -0.0679. The molecule has 0 aromatic heterocycles. The molecule has 0 bridgehead atoms. The van der Waals surface area contributed by atoms with Crippen LogP contribution in [0.1, 0.15) is 51.4 Å². The standard InChI is InChI=1S/C15H24N2O/c16-9-8-15(6-7-15)11-17-10-2-4-13(17)12-3-1-5-14(12)18/h12-14,18H,1-8,10-11H2. The van der Waals surface area contributed by atoms with Crippen LogP contribution in [0, 0.1) is 22.7 Å². The molecule has 100 valence electrons. The molecule has 1 heterocycles. The van der Waals surface area contributed by atoms with Crippen molar-refractivity contribution in [2.45, 2.75) is 63.5 Å². The topological polar surface area (TPSA) is 47.3 Å². The molecule has 1 saturated heterocycles. The van der Waals surface area contributed by atoms with Gasteiger partial charge in [0.2, 0.25) is 0 Å². The van der Waals surface area contributed by atoms with Gasteiger partial charge in [0.05, 0.1) is 12.2 Å². The van der Waals surface area contributed by atoms with Gasteiger partial charge < -0.3 is 5.11 Å². The van der Waals surface area contributed by atoms with Gasteiger partial charge in [0.25, 0.3) is 0 Å². The molecule has 0 amide bonds. The quantitative estimate of drug-likeness (QED) is 0.830. The van der Waals surface area contributed by atoms with Crippen LogP contribution in [-0.2, 0) is 0 Å². The molecule has 0 radical (unpaired) electrons. The SMILES string of the molecule is N#CCC1(CN2CCCC2C2CCCC2O)CC1. The lowest BCUT2D eigenvalue weighted by Gasteiger charge is -2.33. The third-order valence-corrected chi connectivity index (χ3v) is 5.39. The second kappa shape index (κ2) is 4.83. The Balaban J connectivity index is 1.63. The molecule has 1 N–H and O–H groups in total. The van der Waals surface area contributed by atoms with Gasteiger partial charge >= 0.3 is 0 Å². The first kappa shape index (κ1) is 12.4. The van der Waals surface area contributed by atoms with E-state index >= 15 is 0 Å². The monoisotopic (exact) mass is 248 g/mol. The molecule has 0 aromatic carbocycles. The summed E-state index contributed by atoms with van der Waals surface area (Å²) in [4.78, 5) is 2.60. The number of hydrogen-bond donors (Lipinski definition) is 1. The molecular formula is C15H24N2O. The second-order valence-electron chi connectivity index (χ2n) is 6.68. The summed E-state index contributed by atoms with van der Waals surface area (Å²) in [5.74, 6) is 0.505. The summed E-state index contributed by atoms with van der Waals surface area (Å²) in [6.07, 6.45) is 9.05.